The van der Waals surface area contributed by atoms with Crippen LogP contribution >= 0.6 is 0 Å². The van der Waals surface area contributed by atoms with E-state index >= 15 is 0 Å². The summed E-state index contributed by atoms with van der Waals surface area (Å²) in [6.07, 6.45) is 12.5. The summed E-state index contributed by atoms with van der Waals surface area (Å²) in [5.74, 6) is 0.841. The minimum Gasteiger partial charge on any atom is -0.314 e. The summed E-state index contributed by atoms with van der Waals surface area (Å²) in [5.41, 5.74) is 3.28. The van der Waals surface area contributed by atoms with E-state index in [1.165, 1.54) is 64.3 Å². The zero-order chi connectivity index (χ0) is 12.9. The van der Waals surface area contributed by atoms with Gasteiger partial charge in [-0.15, -0.1) is 0 Å². The minimum atomic E-state index is 0.721. The van der Waals surface area contributed by atoms with Crippen LogP contribution in [0, 0.1) is 0 Å². The smallest absolute Gasteiger partial charge is 0.0108 e. The largest absolute Gasteiger partial charge is 0.314 e. The molecule has 1 saturated heterocycles. The van der Waals surface area contributed by atoms with E-state index in [4.69, 9.17) is 0 Å². The van der Waals surface area contributed by atoms with Crippen molar-refractivity contribution in [3.8, 4) is 0 Å². The van der Waals surface area contributed by atoms with E-state index in [1.54, 1.807) is 11.1 Å². The lowest BCUT2D eigenvalue weighted by Gasteiger charge is -2.28. The van der Waals surface area contributed by atoms with Crippen molar-refractivity contribution in [1.29, 1.82) is 0 Å². The Morgan fingerprint density at radius 3 is 2.47 bits per heavy atom. The fourth-order valence-electron chi connectivity index (χ4n) is 3.90. The van der Waals surface area contributed by atoms with Gasteiger partial charge in [0.25, 0.3) is 0 Å². The molecule has 0 aromatic heterocycles. The summed E-state index contributed by atoms with van der Waals surface area (Å²) in [4.78, 5) is 0. The van der Waals surface area contributed by atoms with Gasteiger partial charge in [0.05, 0.1) is 0 Å². The highest BCUT2D eigenvalue weighted by molar-refractivity contribution is 5.31. The summed E-state index contributed by atoms with van der Waals surface area (Å²) in [6.45, 7) is 1.22. The maximum Gasteiger partial charge on any atom is 0.0108 e. The molecule has 2 aliphatic rings. The molecule has 1 aliphatic heterocycles. The first-order valence-electron chi connectivity index (χ1n) is 8.24. The second-order valence-electron chi connectivity index (χ2n) is 6.38. The Kier molecular flexibility index (Phi) is 4.55. The van der Waals surface area contributed by atoms with Crippen LogP contribution in [0.25, 0.3) is 0 Å². The molecule has 1 heteroatoms. The number of nitrogens with one attached hydrogen (secondary N) is 1. The van der Waals surface area contributed by atoms with Gasteiger partial charge in [-0.1, -0.05) is 49.9 Å². The predicted molar refractivity (Wildman–Crippen MR) is 81.6 cm³/mol. The van der Waals surface area contributed by atoms with E-state index < -0.39 is 0 Å². The molecule has 19 heavy (non-hydrogen) atoms. The highest BCUT2D eigenvalue weighted by Crippen LogP contribution is 2.34. The van der Waals surface area contributed by atoms with Crippen LogP contribution in [0.5, 0.6) is 0 Å². The average Bonchev–Trinajstić information content (AvgIpc) is 2.50. The van der Waals surface area contributed by atoms with Crippen molar-refractivity contribution in [2.45, 2.75) is 69.7 Å². The molecule has 0 amide bonds. The van der Waals surface area contributed by atoms with Gasteiger partial charge in [-0.3, -0.25) is 0 Å². The van der Waals surface area contributed by atoms with Gasteiger partial charge in [-0.05, 0) is 55.7 Å². The van der Waals surface area contributed by atoms with Gasteiger partial charge in [0.15, 0.2) is 0 Å². The molecule has 1 unspecified atom stereocenters. The summed E-state index contributed by atoms with van der Waals surface area (Å²) < 4.78 is 0. The van der Waals surface area contributed by atoms with Crippen LogP contribution < -0.4 is 5.32 Å². The van der Waals surface area contributed by atoms with E-state index in [9.17, 15) is 0 Å². The SMILES string of the molecule is c1ccc(C2CCCCC2)c(CC2CCCCN2)c1. The number of benzene rings is 1. The summed E-state index contributed by atoms with van der Waals surface area (Å²) in [7, 11) is 0. The Bertz CT molecular complexity index is 386. The Morgan fingerprint density at radius 1 is 0.895 bits per heavy atom. The van der Waals surface area contributed by atoms with Gasteiger partial charge in [-0.2, -0.15) is 0 Å². The van der Waals surface area contributed by atoms with Crippen LogP contribution in [0.1, 0.15) is 68.4 Å². The second kappa shape index (κ2) is 6.56. The van der Waals surface area contributed by atoms with Gasteiger partial charge in [0, 0.05) is 6.04 Å². The maximum atomic E-state index is 3.70. The number of rotatable bonds is 3. The topological polar surface area (TPSA) is 12.0 Å². The van der Waals surface area contributed by atoms with Gasteiger partial charge in [0.1, 0.15) is 0 Å². The van der Waals surface area contributed by atoms with E-state index in [1.807, 2.05) is 0 Å². The van der Waals surface area contributed by atoms with Crippen molar-refractivity contribution in [2.24, 2.45) is 0 Å². The Balaban J connectivity index is 1.72. The van der Waals surface area contributed by atoms with Crippen molar-refractivity contribution in [3.05, 3.63) is 35.4 Å². The van der Waals surface area contributed by atoms with Crippen LogP contribution in [0.15, 0.2) is 24.3 Å². The monoisotopic (exact) mass is 257 g/mol. The lowest BCUT2D eigenvalue weighted by Crippen LogP contribution is -2.35. The zero-order valence-corrected chi connectivity index (χ0v) is 12.0. The van der Waals surface area contributed by atoms with Gasteiger partial charge in [-0.25, -0.2) is 0 Å². The lowest BCUT2D eigenvalue weighted by molar-refractivity contribution is 0.395. The molecule has 1 aromatic rings. The molecule has 1 heterocycles. The van der Waals surface area contributed by atoms with Crippen LogP contribution in [0.4, 0.5) is 0 Å². The molecule has 1 atom stereocenters. The fraction of sp³-hybridized carbons (Fsp3) is 0.667. The fourth-order valence-corrected chi connectivity index (χ4v) is 3.90. The highest BCUT2D eigenvalue weighted by atomic mass is 14.9. The quantitative estimate of drug-likeness (QED) is 0.845. The molecule has 104 valence electrons. The van der Waals surface area contributed by atoms with Crippen molar-refractivity contribution in [2.75, 3.05) is 6.54 Å². The molecular formula is C18H27N. The third kappa shape index (κ3) is 3.39. The number of hydrogen-bond acceptors (Lipinski definition) is 1. The van der Waals surface area contributed by atoms with Gasteiger partial charge >= 0.3 is 0 Å². The summed E-state index contributed by atoms with van der Waals surface area (Å²) >= 11 is 0. The first-order chi connectivity index (χ1) is 9.43. The zero-order valence-electron chi connectivity index (χ0n) is 12.0. The van der Waals surface area contributed by atoms with Gasteiger partial charge in [0.2, 0.25) is 0 Å². The van der Waals surface area contributed by atoms with E-state index in [0.29, 0.717) is 0 Å². The molecule has 1 nitrogen and oxygen atoms in total. The minimum absolute atomic E-state index is 0.721. The lowest BCUT2D eigenvalue weighted by atomic mass is 9.80. The van der Waals surface area contributed by atoms with E-state index in [-0.39, 0.29) is 0 Å². The Hall–Kier alpha value is -0.820. The molecule has 1 aromatic carbocycles. The second-order valence-corrected chi connectivity index (χ2v) is 6.38. The molecule has 3 rings (SSSR count). The van der Waals surface area contributed by atoms with E-state index in [2.05, 4.69) is 29.6 Å². The average molecular weight is 257 g/mol. The molecule has 1 N–H and O–H groups in total. The third-order valence-corrected chi connectivity index (χ3v) is 4.98. The van der Waals surface area contributed by atoms with Gasteiger partial charge < -0.3 is 5.32 Å². The molecule has 1 aliphatic carbocycles. The standard InChI is InChI=1S/C18H27N/c1-2-8-15(9-3-1)18-12-5-4-10-16(18)14-17-11-6-7-13-19-17/h4-5,10,12,15,17,19H,1-3,6-9,11,13-14H2. The molecule has 0 radical (unpaired) electrons. The van der Waals surface area contributed by atoms with Crippen LogP contribution in [-0.4, -0.2) is 12.6 Å². The molecule has 0 spiro atoms. The first kappa shape index (κ1) is 13.2. The molecule has 0 bridgehead atoms. The predicted octanol–water partition coefficient (Wildman–Crippen LogP) is 4.42. The maximum absolute atomic E-state index is 3.70. The van der Waals surface area contributed by atoms with Crippen LogP contribution in [0.2, 0.25) is 0 Å². The van der Waals surface area contributed by atoms with Crippen LogP contribution in [-0.2, 0) is 6.42 Å². The number of piperidine rings is 1. The van der Waals surface area contributed by atoms with Crippen molar-refractivity contribution < 1.29 is 0 Å². The third-order valence-electron chi connectivity index (χ3n) is 4.98. The molecule has 2 fully saturated rings. The molecular weight excluding hydrogens is 230 g/mol. The van der Waals surface area contributed by atoms with E-state index in [0.717, 1.165) is 12.0 Å². The van der Waals surface area contributed by atoms with Crippen molar-refractivity contribution in [3.63, 3.8) is 0 Å². The first-order valence-corrected chi connectivity index (χ1v) is 8.24. The summed E-state index contributed by atoms with van der Waals surface area (Å²) in [5, 5.41) is 3.70. The van der Waals surface area contributed by atoms with Crippen molar-refractivity contribution in [1.82, 2.24) is 5.32 Å². The molecule has 1 saturated carbocycles. The Morgan fingerprint density at radius 2 is 1.68 bits per heavy atom. The van der Waals surface area contributed by atoms with Crippen LogP contribution in [0.3, 0.4) is 0 Å². The summed E-state index contributed by atoms with van der Waals surface area (Å²) in [6, 6.07) is 9.96. The highest BCUT2D eigenvalue weighted by Gasteiger charge is 2.20. The normalized spacial score (nSPS) is 25.4. The van der Waals surface area contributed by atoms with Crippen molar-refractivity contribution >= 4 is 0 Å². The Labute approximate surface area is 117 Å². The number of hydrogen-bond donors (Lipinski definition) is 1.